The van der Waals surface area contributed by atoms with Crippen LogP contribution in [0.1, 0.15) is 23.8 Å². The Labute approximate surface area is 197 Å². The number of fused-ring (bicyclic) bond motifs is 1. The highest BCUT2D eigenvalue weighted by Gasteiger charge is 2.54. The van der Waals surface area contributed by atoms with Crippen molar-refractivity contribution in [3.63, 3.8) is 0 Å². The third-order valence-corrected chi connectivity index (χ3v) is 8.01. The molecular weight excluding hydrogens is 464 g/mol. The van der Waals surface area contributed by atoms with E-state index in [1.54, 1.807) is 12.1 Å². The molecule has 2 aromatic heterocycles. The van der Waals surface area contributed by atoms with Crippen molar-refractivity contribution in [2.24, 2.45) is 0 Å². The number of nitrogens with zero attached hydrogens (tertiary/aromatic N) is 2. The molecule has 4 heterocycles. The molecule has 33 heavy (non-hydrogen) atoms. The van der Waals surface area contributed by atoms with Crippen molar-refractivity contribution in [2.45, 2.75) is 35.2 Å². The molecule has 0 radical (unpaired) electrons. The number of hydrogen-bond donors (Lipinski definition) is 3. The molecule has 1 unspecified atom stereocenters. The molecule has 0 spiro atoms. The number of H-pyrrole nitrogens is 1. The van der Waals surface area contributed by atoms with E-state index in [9.17, 15) is 19.5 Å². The van der Waals surface area contributed by atoms with Gasteiger partial charge in [-0.2, -0.15) is 5.10 Å². The van der Waals surface area contributed by atoms with Gasteiger partial charge >= 0.3 is 5.97 Å². The van der Waals surface area contributed by atoms with Crippen LogP contribution in [0.3, 0.4) is 0 Å². The Morgan fingerprint density at radius 1 is 1.39 bits per heavy atom. The summed E-state index contributed by atoms with van der Waals surface area (Å²) < 4.78 is 5.17. The van der Waals surface area contributed by atoms with Gasteiger partial charge in [-0.3, -0.25) is 19.6 Å². The maximum Gasteiger partial charge on any atom is 0.353 e. The number of aromatic nitrogens is 2. The number of carbonyl (C=O) groups is 3. The molecule has 0 bridgehead atoms. The highest BCUT2D eigenvalue weighted by molar-refractivity contribution is 8.06. The molecule has 1 aliphatic carbocycles. The molecule has 2 amide bonds. The number of furan rings is 1. The molecule has 0 saturated carbocycles. The van der Waals surface area contributed by atoms with Crippen LogP contribution >= 0.6 is 23.5 Å². The monoisotopic (exact) mass is 484 g/mol. The van der Waals surface area contributed by atoms with Crippen LogP contribution in [0.2, 0.25) is 0 Å². The first-order valence-electron chi connectivity index (χ1n) is 10.3. The Balaban J connectivity index is 1.29. The Hall–Kier alpha value is -3.18. The SMILES string of the molecule is O=C(Cc1ccco1)N[C@@H]1C(=O)N2C(C(=O)O)=C(Sc3cc(C4C=CC=CC4)[nH]n3)CS[C@H]12. The smallest absolute Gasteiger partial charge is 0.353 e. The number of allylic oxidation sites excluding steroid dienone is 4. The highest BCUT2D eigenvalue weighted by Crippen LogP contribution is 2.45. The summed E-state index contributed by atoms with van der Waals surface area (Å²) in [6, 6.07) is 4.52. The topological polar surface area (TPSA) is 129 Å². The van der Waals surface area contributed by atoms with Crippen LogP contribution in [-0.2, 0) is 20.8 Å². The third-order valence-electron chi connectivity index (χ3n) is 5.55. The number of aliphatic carboxylic acids is 1. The predicted octanol–water partition coefficient (Wildman–Crippen LogP) is 2.63. The summed E-state index contributed by atoms with van der Waals surface area (Å²) >= 11 is 2.67. The van der Waals surface area contributed by atoms with Crippen LogP contribution in [0.5, 0.6) is 0 Å². The first kappa shape index (κ1) is 21.7. The fourth-order valence-electron chi connectivity index (χ4n) is 3.96. The Morgan fingerprint density at radius 2 is 2.27 bits per heavy atom. The highest BCUT2D eigenvalue weighted by atomic mass is 32.2. The number of carbonyl (C=O) groups excluding carboxylic acids is 2. The third kappa shape index (κ3) is 4.25. The van der Waals surface area contributed by atoms with Crippen LogP contribution in [0, 0.1) is 0 Å². The van der Waals surface area contributed by atoms with E-state index in [0.717, 1.165) is 12.1 Å². The number of rotatable bonds is 7. The van der Waals surface area contributed by atoms with Crippen molar-refractivity contribution >= 4 is 41.3 Å². The summed E-state index contributed by atoms with van der Waals surface area (Å²) in [6.07, 6.45) is 10.5. The zero-order chi connectivity index (χ0) is 22.9. The molecule has 170 valence electrons. The summed E-state index contributed by atoms with van der Waals surface area (Å²) in [5.41, 5.74) is 0.909. The van der Waals surface area contributed by atoms with E-state index in [1.807, 2.05) is 18.2 Å². The molecule has 11 heteroatoms. The molecule has 0 aromatic carbocycles. The molecule has 3 N–H and O–H groups in total. The van der Waals surface area contributed by atoms with Crippen molar-refractivity contribution in [3.05, 3.63) is 70.8 Å². The molecule has 3 aliphatic rings. The van der Waals surface area contributed by atoms with Crippen LogP contribution in [0.25, 0.3) is 0 Å². The number of nitrogens with one attached hydrogen (secondary N) is 2. The predicted molar refractivity (Wildman–Crippen MR) is 122 cm³/mol. The molecule has 2 aromatic rings. The largest absolute Gasteiger partial charge is 0.477 e. The molecule has 2 aliphatic heterocycles. The minimum atomic E-state index is -1.17. The van der Waals surface area contributed by atoms with E-state index in [1.165, 1.54) is 34.7 Å². The van der Waals surface area contributed by atoms with Crippen molar-refractivity contribution in [3.8, 4) is 0 Å². The van der Waals surface area contributed by atoms with Gasteiger partial charge in [0.1, 0.15) is 27.9 Å². The average molecular weight is 485 g/mol. The zero-order valence-electron chi connectivity index (χ0n) is 17.3. The van der Waals surface area contributed by atoms with Gasteiger partial charge in [0, 0.05) is 22.3 Å². The number of hydrogen-bond acceptors (Lipinski definition) is 7. The minimum Gasteiger partial charge on any atom is -0.477 e. The summed E-state index contributed by atoms with van der Waals surface area (Å²) in [6.45, 7) is 0. The van der Waals surface area contributed by atoms with Crippen molar-refractivity contribution in [2.75, 3.05) is 5.75 Å². The molecule has 3 atom stereocenters. The number of amides is 2. The fourth-order valence-corrected chi connectivity index (χ4v) is 6.41. The number of aromatic amines is 1. The van der Waals surface area contributed by atoms with E-state index in [4.69, 9.17) is 4.42 Å². The number of carboxylic acid groups (broad SMARTS) is 1. The maximum absolute atomic E-state index is 12.8. The summed E-state index contributed by atoms with van der Waals surface area (Å²) in [7, 11) is 0. The summed E-state index contributed by atoms with van der Waals surface area (Å²) in [5, 5.41) is 20.1. The minimum absolute atomic E-state index is 0.0182. The fraction of sp³-hybridized carbons (Fsp3) is 0.273. The zero-order valence-corrected chi connectivity index (χ0v) is 18.9. The first-order chi connectivity index (χ1) is 16.0. The molecule has 9 nitrogen and oxygen atoms in total. The number of thioether (sulfide) groups is 2. The summed E-state index contributed by atoms with van der Waals surface area (Å²) in [4.78, 5) is 39.0. The Kier molecular flexibility index (Phi) is 5.90. The molecular formula is C22H20N4O5S2. The Bertz CT molecular complexity index is 1180. The lowest BCUT2D eigenvalue weighted by molar-refractivity contribution is -0.150. The standard InChI is InChI=1S/C22H20N4O5S2/c27-16(9-13-7-4-8-31-13)23-18-20(28)26-19(22(29)30)15(11-32-21(18)26)33-17-10-14(24-25-17)12-5-2-1-3-6-12/h1-5,7-8,10,12,18,21H,6,9,11H2,(H,23,27)(H,24,25)(H,29,30)/t12?,18-,21-/m1/s1. The second-order valence-corrected chi connectivity index (χ2v) is 9.93. The van der Waals surface area contributed by atoms with Crippen LogP contribution in [-0.4, -0.2) is 55.2 Å². The number of β-lactam (4-membered cyclic amide) rings is 1. The molecule has 5 rings (SSSR count). The van der Waals surface area contributed by atoms with Gasteiger partial charge in [-0.15, -0.1) is 11.8 Å². The molecule has 1 saturated heterocycles. The van der Waals surface area contributed by atoms with Gasteiger partial charge in [-0.1, -0.05) is 36.1 Å². The normalized spacial score (nSPS) is 23.9. The lowest BCUT2D eigenvalue weighted by Gasteiger charge is -2.49. The van der Waals surface area contributed by atoms with Crippen LogP contribution in [0.4, 0.5) is 0 Å². The van der Waals surface area contributed by atoms with Gasteiger partial charge in [-0.25, -0.2) is 4.79 Å². The Morgan fingerprint density at radius 3 is 3.00 bits per heavy atom. The van der Waals surface area contributed by atoms with Gasteiger partial charge in [-0.05, 0) is 24.6 Å². The van der Waals surface area contributed by atoms with E-state index in [0.29, 0.717) is 21.4 Å². The van der Waals surface area contributed by atoms with E-state index >= 15 is 0 Å². The van der Waals surface area contributed by atoms with E-state index in [-0.39, 0.29) is 23.9 Å². The van der Waals surface area contributed by atoms with Gasteiger partial charge in [0.05, 0.1) is 12.7 Å². The maximum atomic E-state index is 12.8. The van der Waals surface area contributed by atoms with Gasteiger partial charge in [0.15, 0.2) is 0 Å². The van der Waals surface area contributed by atoms with Gasteiger partial charge in [0.2, 0.25) is 5.91 Å². The van der Waals surface area contributed by atoms with Crippen LogP contribution in [0.15, 0.2) is 68.8 Å². The first-order valence-corrected chi connectivity index (χ1v) is 12.2. The van der Waals surface area contributed by atoms with E-state index in [2.05, 4.69) is 27.7 Å². The van der Waals surface area contributed by atoms with Crippen molar-refractivity contribution in [1.82, 2.24) is 20.4 Å². The van der Waals surface area contributed by atoms with Crippen LogP contribution < -0.4 is 5.32 Å². The van der Waals surface area contributed by atoms with Crippen molar-refractivity contribution < 1.29 is 23.9 Å². The lowest BCUT2D eigenvalue weighted by atomic mass is 9.98. The lowest BCUT2D eigenvalue weighted by Crippen LogP contribution is -2.70. The van der Waals surface area contributed by atoms with E-state index < -0.39 is 23.3 Å². The van der Waals surface area contributed by atoms with Gasteiger partial charge < -0.3 is 14.8 Å². The second-order valence-electron chi connectivity index (χ2n) is 7.71. The number of carboxylic acids is 1. The quantitative estimate of drug-likeness (QED) is 0.512. The van der Waals surface area contributed by atoms with Gasteiger partial charge in [0.25, 0.3) is 5.91 Å². The second kappa shape index (κ2) is 8.99. The van der Waals surface area contributed by atoms with Crippen molar-refractivity contribution in [1.29, 1.82) is 0 Å². The average Bonchev–Trinajstić information content (AvgIpc) is 3.50. The molecule has 1 fully saturated rings. The summed E-state index contributed by atoms with van der Waals surface area (Å²) in [5.74, 6) is -0.850.